The zero-order valence-corrected chi connectivity index (χ0v) is 22.6. The van der Waals surface area contributed by atoms with Crippen molar-refractivity contribution in [3.63, 3.8) is 0 Å². The van der Waals surface area contributed by atoms with Crippen molar-refractivity contribution < 1.29 is 22.4 Å². The summed E-state index contributed by atoms with van der Waals surface area (Å²) in [6.45, 7) is 5.34. The molecule has 1 saturated heterocycles. The molecule has 37 heavy (non-hydrogen) atoms. The third-order valence-electron chi connectivity index (χ3n) is 6.76. The fourth-order valence-electron chi connectivity index (χ4n) is 4.46. The average Bonchev–Trinajstić information content (AvgIpc) is 3.58. The number of hydrogen-bond acceptors (Lipinski definition) is 7. The van der Waals surface area contributed by atoms with Crippen LogP contribution in [0, 0.1) is 12.8 Å². The highest BCUT2D eigenvalue weighted by Crippen LogP contribution is 2.37. The van der Waals surface area contributed by atoms with Crippen LogP contribution in [-0.4, -0.2) is 43.8 Å². The lowest BCUT2D eigenvalue weighted by molar-refractivity contribution is 0.0983. The van der Waals surface area contributed by atoms with Gasteiger partial charge in [0.15, 0.2) is 5.13 Å². The van der Waals surface area contributed by atoms with E-state index in [1.165, 1.54) is 27.8 Å². The molecule has 0 unspecified atom stereocenters. The van der Waals surface area contributed by atoms with Crippen LogP contribution in [0.1, 0.15) is 41.4 Å². The summed E-state index contributed by atoms with van der Waals surface area (Å²) in [5.74, 6) is 1.46. The van der Waals surface area contributed by atoms with E-state index in [4.69, 9.17) is 14.1 Å². The number of piperidine rings is 1. The van der Waals surface area contributed by atoms with E-state index in [2.05, 4.69) is 6.92 Å². The fraction of sp³-hybridized carbons (Fsp3) is 0.333. The summed E-state index contributed by atoms with van der Waals surface area (Å²) in [5, 5.41) is 0.503. The molecule has 1 aliphatic rings. The van der Waals surface area contributed by atoms with Gasteiger partial charge in [-0.05, 0) is 73.7 Å². The summed E-state index contributed by atoms with van der Waals surface area (Å²) in [7, 11) is -2.01. The molecule has 194 valence electrons. The zero-order chi connectivity index (χ0) is 26.2. The number of carbonyl (C=O) groups excluding carboxylic acids is 1. The Morgan fingerprint density at radius 2 is 1.89 bits per heavy atom. The highest BCUT2D eigenvalue weighted by atomic mass is 32.2. The van der Waals surface area contributed by atoms with Crippen molar-refractivity contribution in [3.8, 4) is 5.75 Å². The molecule has 0 N–H and O–H groups in total. The molecular formula is C27H29N3O5S2. The first-order valence-corrected chi connectivity index (χ1v) is 14.4. The van der Waals surface area contributed by atoms with Crippen molar-refractivity contribution >= 4 is 42.6 Å². The van der Waals surface area contributed by atoms with Crippen LogP contribution in [0.4, 0.5) is 5.13 Å². The number of anilines is 1. The van der Waals surface area contributed by atoms with Crippen LogP contribution < -0.4 is 9.64 Å². The van der Waals surface area contributed by atoms with E-state index in [0.717, 1.165) is 23.1 Å². The van der Waals surface area contributed by atoms with Gasteiger partial charge in [-0.2, -0.15) is 4.31 Å². The van der Waals surface area contributed by atoms with Crippen LogP contribution in [0.3, 0.4) is 0 Å². The minimum Gasteiger partial charge on any atom is -0.494 e. The van der Waals surface area contributed by atoms with Crippen LogP contribution in [0.25, 0.3) is 10.2 Å². The lowest BCUT2D eigenvalue weighted by Crippen LogP contribution is -2.37. The summed E-state index contributed by atoms with van der Waals surface area (Å²) in [6.07, 6.45) is 3.26. The van der Waals surface area contributed by atoms with E-state index in [1.54, 1.807) is 42.5 Å². The van der Waals surface area contributed by atoms with Crippen molar-refractivity contribution in [1.82, 2.24) is 9.29 Å². The third-order valence-corrected chi connectivity index (χ3v) is 9.89. The van der Waals surface area contributed by atoms with Gasteiger partial charge >= 0.3 is 0 Å². The Kier molecular flexibility index (Phi) is 7.06. The molecule has 1 aliphatic heterocycles. The maximum Gasteiger partial charge on any atom is 0.260 e. The molecule has 2 aromatic carbocycles. The van der Waals surface area contributed by atoms with E-state index in [1.807, 2.05) is 19.1 Å². The Hall–Kier alpha value is -3.21. The normalized spacial score (nSPS) is 15.2. The third kappa shape index (κ3) is 5.01. The summed E-state index contributed by atoms with van der Waals surface area (Å²) >= 11 is 1.40. The van der Waals surface area contributed by atoms with Crippen molar-refractivity contribution in [2.45, 2.75) is 38.1 Å². The van der Waals surface area contributed by atoms with E-state index in [0.29, 0.717) is 46.7 Å². The summed E-state index contributed by atoms with van der Waals surface area (Å²) in [4.78, 5) is 20.2. The molecule has 0 atom stereocenters. The molecule has 0 spiro atoms. The predicted molar refractivity (Wildman–Crippen MR) is 144 cm³/mol. The first kappa shape index (κ1) is 25.4. The molecule has 1 amide bonds. The van der Waals surface area contributed by atoms with Gasteiger partial charge in [-0.15, -0.1) is 0 Å². The van der Waals surface area contributed by atoms with Crippen molar-refractivity contribution in [2.24, 2.45) is 5.92 Å². The molecule has 4 aromatic rings. The van der Waals surface area contributed by atoms with Crippen molar-refractivity contribution in [1.29, 1.82) is 0 Å². The molecule has 0 aliphatic carbocycles. The highest BCUT2D eigenvalue weighted by molar-refractivity contribution is 7.89. The number of benzene rings is 2. The molecular weight excluding hydrogens is 510 g/mol. The second-order valence-corrected chi connectivity index (χ2v) is 12.3. The van der Waals surface area contributed by atoms with Crippen LogP contribution in [0.15, 0.2) is 64.1 Å². The number of sulfonamides is 1. The monoisotopic (exact) mass is 539 g/mol. The molecule has 10 heteroatoms. The Bertz CT molecular complexity index is 1500. The maximum atomic E-state index is 13.7. The number of amides is 1. The smallest absolute Gasteiger partial charge is 0.260 e. The Balaban J connectivity index is 1.47. The molecule has 0 bridgehead atoms. The molecule has 2 aromatic heterocycles. The molecule has 1 fully saturated rings. The first-order valence-electron chi connectivity index (χ1n) is 12.2. The SMILES string of the molecule is COc1ccc(C)c2sc(N(Cc3ccco3)C(=O)c3ccc(S(=O)(=O)N4CCC(C)CC4)cc3)nc12. The van der Waals surface area contributed by atoms with Gasteiger partial charge in [-0.3, -0.25) is 9.69 Å². The second-order valence-electron chi connectivity index (χ2n) is 9.34. The van der Waals surface area contributed by atoms with Crippen LogP contribution in [0.5, 0.6) is 5.75 Å². The van der Waals surface area contributed by atoms with Gasteiger partial charge in [0.2, 0.25) is 10.0 Å². The average molecular weight is 540 g/mol. The van der Waals surface area contributed by atoms with Crippen molar-refractivity contribution in [2.75, 3.05) is 25.1 Å². The van der Waals surface area contributed by atoms with Gasteiger partial charge < -0.3 is 9.15 Å². The van der Waals surface area contributed by atoms with Crippen LogP contribution in [0.2, 0.25) is 0 Å². The van der Waals surface area contributed by atoms with Crippen LogP contribution in [-0.2, 0) is 16.6 Å². The number of hydrogen-bond donors (Lipinski definition) is 0. The summed E-state index contributed by atoms with van der Waals surface area (Å²) in [5.41, 5.74) is 2.09. The summed E-state index contributed by atoms with van der Waals surface area (Å²) in [6, 6.07) is 13.5. The second kappa shape index (κ2) is 10.3. The van der Waals surface area contributed by atoms with Gasteiger partial charge in [0.05, 0.1) is 29.5 Å². The fourth-order valence-corrected chi connectivity index (χ4v) is 6.98. The van der Waals surface area contributed by atoms with Gasteiger partial charge in [0, 0.05) is 18.7 Å². The highest BCUT2D eigenvalue weighted by Gasteiger charge is 2.29. The first-order chi connectivity index (χ1) is 17.8. The number of thiazole rings is 1. The Labute approximate surface area is 220 Å². The minimum atomic E-state index is -3.60. The lowest BCUT2D eigenvalue weighted by Gasteiger charge is -2.29. The number of aryl methyl sites for hydroxylation is 1. The van der Waals surface area contributed by atoms with E-state index in [-0.39, 0.29) is 17.3 Å². The van der Waals surface area contributed by atoms with E-state index < -0.39 is 10.0 Å². The lowest BCUT2D eigenvalue weighted by atomic mass is 10.0. The number of nitrogens with zero attached hydrogens (tertiary/aromatic N) is 3. The molecule has 5 rings (SSSR count). The maximum absolute atomic E-state index is 13.7. The number of rotatable bonds is 7. The number of aromatic nitrogens is 1. The minimum absolute atomic E-state index is 0.180. The predicted octanol–water partition coefficient (Wildman–Crippen LogP) is 5.47. The molecule has 0 saturated carbocycles. The van der Waals surface area contributed by atoms with E-state index in [9.17, 15) is 13.2 Å². The largest absolute Gasteiger partial charge is 0.494 e. The van der Waals surface area contributed by atoms with Crippen molar-refractivity contribution in [3.05, 3.63) is 71.7 Å². The van der Waals surface area contributed by atoms with Gasteiger partial charge in [-0.1, -0.05) is 24.3 Å². The van der Waals surface area contributed by atoms with Gasteiger partial charge in [-0.25, -0.2) is 13.4 Å². The van der Waals surface area contributed by atoms with Gasteiger partial charge in [0.1, 0.15) is 17.0 Å². The number of methoxy groups -OCH3 is 1. The molecule has 0 radical (unpaired) electrons. The number of carbonyl (C=O) groups is 1. The number of fused-ring (bicyclic) bond motifs is 1. The van der Waals surface area contributed by atoms with Crippen LogP contribution >= 0.6 is 11.3 Å². The topological polar surface area (TPSA) is 92.9 Å². The zero-order valence-electron chi connectivity index (χ0n) is 21.0. The van der Waals surface area contributed by atoms with Gasteiger partial charge in [0.25, 0.3) is 5.91 Å². The Morgan fingerprint density at radius 1 is 1.16 bits per heavy atom. The quantitative estimate of drug-likeness (QED) is 0.309. The molecule has 8 nitrogen and oxygen atoms in total. The Morgan fingerprint density at radius 3 is 2.54 bits per heavy atom. The summed E-state index contributed by atoms with van der Waals surface area (Å²) < 4.78 is 39.7. The molecule has 3 heterocycles. The number of ether oxygens (including phenoxy) is 1. The standard InChI is InChI=1S/C27H29N3O5S2/c1-18-12-14-29(15-13-18)37(32,33)22-9-7-20(8-10-22)26(31)30(17-21-5-4-16-35-21)27-28-24-23(34-3)11-6-19(2)25(24)36-27/h4-11,16,18H,12-15,17H2,1-3H3. The number of furan rings is 1. The van der Waals surface area contributed by atoms with E-state index >= 15 is 0 Å².